The summed E-state index contributed by atoms with van der Waals surface area (Å²) in [6.07, 6.45) is -3.05. The van der Waals surface area contributed by atoms with Crippen LogP contribution in [0.5, 0.6) is 0 Å². The molecule has 1 unspecified atom stereocenters. The molecule has 7 nitrogen and oxygen atoms in total. The van der Waals surface area contributed by atoms with Gasteiger partial charge in [-0.05, 0) is 36.5 Å². The van der Waals surface area contributed by atoms with Gasteiger partial charge in [0.05, 0.1) is 5.60 Å². The number of likely N-dealkylation sites (N-methyl/N-ethyl adjacent to an activating group) is 1. The molecule has 2 heterocycles. The quantitative estimate of drug-likeness (QED) is 0.604. The van der Waals surface area contributed by atoms with Gasteiger partial charge in [0.15, 0.2) is 0 Å². The number of aliphatic carboxylic acids is 1. The van der Waals surface area contributed by atoms with Crippen molar-refractivity contribution in [1.82, 2.24) is 9.80 Å². The van der Waals surface area contributed by atoms with E-state index in [1.54, 1.807) is 19.0 Å². The number of likely N-dealkylation sites (tertiary alicyclic amines) is 1. The average molecular weight is 481 g/mol. The number of alkyl halides is 3. The molecule has 0 radical (unpaired) electrons. The lowest BCUT2D eigenvalue weighted by atomic mass is 9.79. The summed E-state index contributed by atoms with van der Waals surface area (Å²) in [5, 5.41) is 7.90. The Bertz CT molecular complexity index is 768. The third-order valence-corrected chi connectivity index (χ3v) is 5.73. The summed E-state index contributed by atoms with van der Waals surface area (Å²) in [6.45, 7) is 4.48. The molecule has 2 saturated heterocycles. The fraction of sp³-hybridized carbons (Fsp3) is 0.619. The molecule has 0 bridgehead atoms. The molecule has 0 aliphatic carbocycles. The molecule has 1 spiro atoms. The largest absolute Gasteiger partial charge is 0.490 e. The van der Waals surface area contributed by atoms with Crippen LogP contribution in [0.25, 0.3) is 0 Å². The van der Waals surface area contributed by atoms with E-state index in [0.717, 1.165) is 44.1 Å². The molecule has 2 aliphatic rings. The molecule has 1 atom stereocenters. The molecule has 1 N–H and O–H groups in total. The first-order chi connectivity index (χ1) is 14.9. The van der Waals surface area contributed by atoms with Gasteiger partial charge in [0.2, 0.25) is 5.91 Å². The van der Waals surface area contributed by atoms with Crippen LogP contribution in [0.1, 0.15) is 18.4 Å². The second-order valence-electron chi connectivity index (χ2n) is 8.10. The number of carbonyl (C=O) groups is 2. The number of hydrogen-bond acceptors (Lipinski definition) is 5. The average Bonchev–Trinajstić information content (AvgIpc) is 3.10. The minimum absolute atomic E-state index is 0.00942. The molecule has 2 aliphatic heterocycles. The van der Waals surface area contributed by atoms with Crippen molar-refractivity contribution in [3.8, 4) is 0 Å². The van der Waals surface area contributed by atoms with Crippen LogP contribution in [-0.4, -0.2) is 85.6 Å². The van der Waals surface area contributed by atoms with Crippen LogP contribution in [0.2, 0.25) is 5.02 Å². The van der Waals surface area contributed by atoms with Gasteiger partial charge in [-0.2, -0.15) is 13.2 Å². The number of hydrogen-bond donors (Lipinski definition) is 1. The van der Waals surface area contributed by atoms with Crippen molar-refractivity contribution in [3.05, 3.63) is 34.9 Å². The van der Waals surface area contributed by atoms with Crippen LogP contribution in [-0.2, 0) is 25.6 Å². The molecule has 32 heavy (non-hydrogen) atoms. The summed E-state index contributed by atoms with van der Waals surface area (Å²) in [4.78, 5) is 24.4. The number of amides is 1. The fourth-order valence-electron chi connectivity index (χ4n) is 3.73. The summed E-state index contributed by atoms with van der Waals surface area (Å²) in [5.74, 6) is -2.23. The van der Waals surface area contributed by atoms with Crippen LogP contribution >= 0.6 is 11.6 Å². The summed E-state index contributed by atoms with van der Waals surface area (Å²) < 4.78 is 43.4. The topological polar surface area (TPSA) is 79.3 Å². The normalized spacial score (nSPS) is 19.8. The van der Waals surface area contributed by atoms with Crippen molar-refractivity contribution in [2.75, 3.05) is 47.0 Å². The monoisotopic (exact) mass is 480 g/mol. The zero-order chi connectivity index (χ0) is 23.9. The highest BCUT2D eigenvalue weighted by atomic mass is 35.5. The molecular weight excluding hydrogens is 453 g/mol. The second-order valence-corrected chi connectivity index (χ2v) is 8.54. The van der Waals surface area contributed by atoms with E-state index in [2.05, 4.69) is 17.0 Å². The van der Waals surface area contributed by atoms with Crippen molar-refractivity contribution in [1.29, 1.82) is 0 Å². The summed E-state index contributed by atoms with van der Waals surface area (Å²) >= 11 is 5.94. The highest BCUT2D eigenvalue weighted by Crippen LogP contribution is 2.42. The first kappa shape index (κ1) is 26.4. The third kappa shape index (κ3) is 7.61. The van der Waals surface area contributed by atoms with E-state index in [-0.39, 0.29) is 18.1 Å². The fourth-order valence-corrected chi connectivity index (χ4v) is 3.85. The van der Waals surface area contributed by atoms with Gasteiger partial charge in [0.1, 0.15) is 6.61 Å². The lowest BCUT2D eigenvalue weighted by Crippen LogP contribution is -2.64. The van der Waals surface area contributed by atoms with E-state index in [0.29, 0.717) is 12.5 Å². The zero-order valence-electron chi connectivity index (χ0n) is 18.0. The van der Waals surface area contributed by atoms with E-state index in [1.807, 2.05) is 12.1 Å². The number of benzene rings is 1. The standard InChI is InChI=1S/C19H27ClN2O3.C2HF3O2/c1-21(2)18(23)12-24-9-7-16-8-10-25-19(16)13-22(14-19)11-15-3-5-17(20)6-4-15;3-2(4,5)1(6)7/h3-6,16H,7-14H2,1-2H3;(H,6,7). The van der Waals surface area contributed by atoms with Crippen LogP contribution in [0.3, 0.4) is 0 Å². The number of nitrogens with zero attached hydrogens (tertiary/aromatic N) is 2. The minimum Gasteiger partial charge on any atom is -0.475 e. The molecule has 1 aromatic carbocycles. The Morgan fingerprint density at radius 1 is 1.28 bits per heavy atom. The number of ether oxygens (including phenoxy) is 2. The van der Waals surface area contributed by atoms with E-state index >= 15 is 0 Å². The maximum atomic E-state index is 11.5. The Morgan fingerprint density at radius 3 is 2.41 bits per heavy atom. The highest BCUT2D eigenvalue weighted by Gasteiger charge is 2.52. The van der Waals surface area contributed by atoms with E-state index in [9.17, 15) is 18.0 Å². The van der Waals surface area contributed by atoms with E-state index in [1.165, 1.54) is 5.56 Å². The first-order valence-corrected chi connectivity index (χ1v) is 10.5. The van der Waals surface area contributed by atoms with E-state index in [4.69, 9.17) is 31.0 Å². The van der Waals surface area contributed by atoms with Gasteiger partial charge in [-0.15, -0.1) is 0 Å². The van der Waals surface area contributed by atoms with Crippen molar-refractivity contribution in [2.24, 2.45) is 5.92 Å². The van der Waals surface area contributed by atoms with Crippen LogP contribution in [0.15, 0.2) is 24.3 Å². The van der Waals surface area contributed by atoms with Crippen LogP contribution in [0, 0.1) is 5.92 Å². The molecule has 1 amide bonds. The Labute approximate surface area is 190 Å². The Kier molecular flexibility index (Phi) is 9.32. The maximum absolute atomic E-state index is 11.5. The van der Waals surface area contributed by atoms with Crippen molar-refractivity contribution in [2.45, 2.75) is 31.2 Å². The number of carbonyl (C=O) groups excluding carboxylic acids is 1. The molecule has 3 rings (SSSR count). The summed E-state index contributed by atoms with van der Waals surface area (Å²) in [7, 11) is 3.49. The van der Waals surface area contributed by atoms with Gasteiger partial charge in [0.25, 0.3) is 0 Å². The van der Waals surface area contributed by atoms with Gasteiger partial charge < -0.3 is 19.5 Å². The van der Waals surface area contributed by atoms with Crippen molar-refractivity contribution < 1.29 is 37.3 Å². The molecule has 1 aromatic rings. The van der Waals surface area contributed by atoms with E-state index < -0.39 is 12.1 Å². The van der Waals surface area contributed by atoms with Crippen LogP contribution in [0.4, 0.5) is 13.2 Å². The molecular formula is C21H28ClF3N2O5. The van der Waals surface area contributed by atoms with Gasteiger partial charge in [-0.3, -0.25) is 9.69 Å². The lowest BCUT2D eigenvalue weighted by Gasteiger charge is -2.50. The number of carboxylic acids is 1. The molecule has 2 fully saturated rings. The van der Waals surface area contributed by atoms with Crippen molar-refractivity contribution >= 4 is 23.5 Å². The van der Waals surface area contributed by atoms with Crippen LogP contribution < -0.4 is 0 Å². The smallest absolute Gasteiger partial charge is 0.475 e. The maximum Gasteiger partial charge on any atom is 0.490 e. The lowest BCUT2D eigenvalue weighted by molar-refractivity contribution is -0.192. The predicted molar refractivity (Wildman–Crippen MR) is 111 cm³/mol. The van der Waals surface area contributed by atoms with Gasteiger partial charge >= 0.3 is 12.1 Å². The Morgan fingerprint density at radius 2 is 1.88 bits per heavy atom. The molecule has 11 heteroatoms. The number of carboxylic acid groups (broad SMARTS) is 1. The minimum atomic E-state index is -5.08. The van der Waals surface area contributed by atoms with Gasteiger partial charge in [-0.1, -0.05) is 23.7 Å². The summed E-state index contributed by atoms with van der Waals surface area (Å²) in [6, 6.07) is 8.03. The highest BCUT2D eigenvalue weighted by molar-refractivity contribution is 6.30. The van der Waals surface area contributed by atoms with Gasteiger partial charge in [-0.25, -0.2) is 4.79 Å². The molecule has 0 saturated carbocycles. The summed E-state index contributed by atoms with van der Waals surface area (Å²) in [5.41, 5.74) is 1.26. The molecule has 0 aromatic heterocycles. The molecule has 180 valence electrons. The Hall–Kier alpha value is -1.88. The number of halogens is 4. The predicted octanol–water partition coefficient (Wildman–Crippen LogP) is 3.06. The zero-order valence-corrected chi connectivity index (χ0v) is 18.8. The first-order valence-electron chi connectivity index (χ1n) is 10.1. The van der Waals surface area contributed by atoms with Crippen molar-refractivity contribution in [3.63, 3.8) is 0 Å². The second kappa shape index (κ2) is 11.3. The van der Waals surface area contributed by atoms with Gasteiger partial charge in [0, 0.05) is 52.0 Å². The Balaban J connectivity index is 0.000000451. The number of rotatable bonds is 7. The third-order valence-electron chi connectivity index (χ3n) is 5.48. The SMILES string of the molecule is CN(C)C(=O)COCCC1CCOC12CN(Cc1ccc(Cl)cc1)C2.O=C(O)C(F)(F)F.